The summed E-state index contributed by atoms with van der Waals surface area (Å²) in [6, 6.07) is 0. The zero-order valence-electron chi connectivity index (χ0n) is 14.2. The zero-order valence-corrected chi connectivity index (χ0v) is 17.3. The molecule has 2 aliphatic carbocycles. The molecule has 0 aromatic carbocycles. The molecule has 2 aliphatic rings. The van der Waals surface area contributed by atoms with Gasteiger partial charge < -0.3 is 10.2 Å². The molecule has 0 amide bonds. The predicted molar refractivity (Wildman–Crippen MR) is 86.9 cm³/mol. The molecule has 0 heterocycles. The van der Waals surface area contributed by atoms with Crippen LogP contribution in [-0.4, -0.2) is 21.4 Å². The van der Waals surface area contributed by atoms with Crippen molar-refractivity contribution in [3.8, 4) is 0 Å². The van der Waals surface area contributed by atoms with Crippen molar-refractivity contribution in [3.05, 3.63) is 64.2 Å². The van der Waals surface area contributed by atoms with E-state index in [1.54, 1.807) is 41.5 Å². The van der Waals surface area contributed by atoms with E-state index in [0.29, 0.717) is 0 Å². The molecule has 0 saturated heterocycles. The predicted octanol–water partition coefficient (Wildman–Crippen LogP) is 3.60. The van der Waals surface area contributed by atoms with Crippen LogP contribution in [0.4, 0.5) is 0 Å². The van der Waals surface area contributed by atoms with Crippen LogP contribution in [0.3, 0.4) is 0 Å². The van der Waals surface area contributed by atoms with Gasteiger partial charge in [0.05, 0.1) is 11.2 Å². The van der Waals surface area contributed by atoms with E-state index in [-0.39, 0.29) is 41.7 Å². The quantitative estimate of drug-likeness (QED) is 0.631. The number of hydrogen-bond donors (Lipinski definition) is 2. The first kappa shape index (κ1) is 27.2. The Bertz CT molecular complexity index is 135. The largest absolute Gasteiger partial charge is 0.391 e. The minimum absolute atomic E-state index is 0. The number of hydrogen-bond acceptors (Lipinski definition) is 2. The molecule has 2 saturated carbocycles. The van der Waals surface area contributed by atoms with E-state index in [0.717, 1.165) is 0 Å². The van der Waals surface area contributed by atoms with Crippen LogP contribution < -0.4 is 0 Å². The molecule has 2 N–H and O–H groups in total. The Hall–Kier alpha value is 1.30. The third-order valence-corrected chi connectivity index (χ3v) is 1.11. The van der Waals surface area contributed by atoms with Gasteiger partial charge in [-0.15, -0.1) is 0 Å². The molecular formula is C18H30CeO2. The molecule has 0 atom stereocenters. The van der Waals surface area contributed by atoms with Gasteiger partial charge >= 0.3 is 0 Å². The Morgan fingerprint density at radius 1 is 0.429 bits per heavy atom. The summed E-state index contributed by atoms with van der Waals surface area (Å²) in [6.07, 6.45) is 20.0. The molecule has 0 aromatic rings. The van der Waals surface area contributed by atoms with Crippen LogP contribution in [0.15, 0.2) is 0 Å². The summed E-state index contributed by atoms with van der Waals surface area (Å²) >= 11 is 0. The van der Waals surface area contributed by atoms with Crippen LogP contribution >= 0.6 is 0 Å². The van der Waals surface area contributed by atoms with Crippen molar-refractivity contribution in [1.82, 2.24) is 0 Å². The van der Waals surface area contributed by atoms with Crippen molar-refractivity contribution in [3.63, 3.8) is 0 Å². The average molecular weight is 419 g/mol. The van der Waals surface area contributed by atoms with Crippen LogP contribution in [0.2, 0.25) is 0 Å². The molecule has 0 unspecified atom stereocenters. The Morgan fingerprint density at radius 3 is 0.524 bits per heavy atom. The molecule has 2 nitrogen and oxygen atoms in total. The average Bonchev–Trinajstić information content (AvgIpc) is 2.92. The van der Waals surface area contributed by atoms with Gasteiger partial charge in [0.1, 0.15) is 0 Å². The third-order valence-electron chi connectivity index (χ3n) is 1.11. The molecule has 2 fully saturated rings. The molecule has 0 bridgehead atoms. The molecule has 0 aliphatic heterocycles. The van der Waals surface area contributed by atoms with E-state index in [2.05, 4.69) is 0 Å². The monoisotopic (exact) mass is 418 g/mol. The molecule has 10 radical (unpaired) electrons. The van der Waals surface area contributed by atoms with Gasteiger partial charge in [0.25, 0.3) is 0 Å². The van der Waals surface area contributed by atoms with Crippen molar-refractivity contribution < 1.29 is 52.0 Å². The van der Waals surface area contributed by atoms with Gasteiger partial charge in [-0.25, -0.2) is 0 Å². The smallest absolute Gasteiger partial charge is 0.0563 e. The Labute approximate surface area is 167 Å². The van der Waals surface area contributed by atoms with E-state index in [9.17, 15) is 0 Å². The minimum Gasteiger partial charge on any atom is -0.391 e. The van der Waals surface area contributed by atoms with Gasteiger partial charge in [0, 0.05) is 41.7 Å². The molecule has 118 valence electrons. The SMILES string of the molecule is CC(C)(C)O.CC(C)(C)O.[CH]1[CH][CH][CH][CH]1.[CH]1[CH][CH][CH][CH]1.[Ce]. The van der Waals surface area contributed by atoms with E-state index in [1.807, 2.05) is 64.2 Å². The van der Waals surface area contributed by atoms with Gasteiger partial charge in [0.15, 0.2) is 0 Å². The molecule has 3 heteroatoms. The second kappa shape index (κ2) is 16.2. The first-order valence-corrected chi connectivity index (χ1v) is 6.78. The van der Waals surface area contributed by atoms with Gasteiger partial charge in [-0.3, -0.25) is 0 Å². The first-order valence-electron chi connectivity index (χ1n) is 6.78. The maximum absolute atomic E-state index is 8.52. The topological polar surface area (TPSA) is 40.5 Å². The zero-order chi connectivity index (χ0) is 16.1. The summed E-state index contributed by atoms with van der Waals surface area (Å²) in [5, 5.41) is 17.0. The van der Waals surface area contributed by atoms with E-state index in [4.69, 9.17) is 10.2 Å². The number of rotatable bonds is 0. The van der Waals surface area contributed by atoms with Gasteiger partial charge in [0.2, 0.25) is 0 Å². The van der Waals surface area contributed by atoms with Gasteiger partial charge in [-0.05, 0) is 106 Å². The van der Waals surface area contributed by atoms with Crippen molar-refractivity contribution >= 4 is 0 Å². The molecular weight excluding hydrogens is 388 g/mol. The second-order valence-electron chi connectivity index (χ2n) is 6.27. The van der Waals surface area contributed by atoms with Crippen molar-refractivity contribution in [2.45, 2.75) is 52.7 Å². The fourth-order valence-electron chi connectivity index (χ4n) is 0.642. The van der Waals surface area contributed by atoms with E-state index >= 15 is 0 Å². The Morgan fingerprint density at radius 2 is 0.476 bits per heavy atom. The third kappa shape index (κ3) is 62.1. The van der Waals surface area contributed by atoms with Crippen LogP contribution in [0.25, 0.3) is 0 Å². The van der Waals surface area contributed by atoms with E-state index < -0.39 is 11.2 Å². The summed E-state index contributed by atoms with van der Waals surface area (Å²) in [6.45, 7) is 10.5. The normalized spacial score (nSPS) is 17.1. The van der Waals surface area contributed by atoms with E-state index in [1.165, 1.54) is 0 Å². The van der Waals surface area contributed by atoms with Crippen LogP contribution in [0.1, 0.15) is 41.5 Å². The van der Waals surface area contributed by atoms with Gasteiger partial charge in [-0.2, -0.15) is 0 Å². The van der Waals surface area contributed by atoms with Crippen LogP contribution in [0, 0.1) is 106 Å². The minimum atomic E-state index is -0.500. The Kier molecular flexibility index (Phi) is 20.9. The maximum atomic E-state index is 8.52. The summed E-state index contributed by atoms with van der Waals surface area (Å²) in [5.41, 5.74) is -1.00. The molecule has 0 aromatic heterocycles. The molecule has 0 spiro atoms. The first-order chi connectivity index (χ1) is 9.00. The van der Waals surface area contributed by atoms with Gasteiger partial charge in [-0.1, -0.05) is 0 Å². The summed E-state index contributed by atoms with van der Waals surface area (Å²) < 4.78 is 0. The Balaban J connectivity index is -0.000000202. The second-order valence-corrected chi connectivity index (χ2v) is 6.27. The summed E-state index contributed by atoms with van der Waals surface area (Å²) in [4.78, 5) is 0. The van der Waals surface area contributed by atoms with Crippen molar-refractivity contribution in [2.75, 3.05) is 0 Å². The van der Waals surface area contributed by atoms with Crippen molar-refractivity contribution in [2.24, 2.45) is 0 Å². The molecule has 21 heavy (non-hydrogen) atoms. The molecule has 2 rings (SSSR count). The summed E-state index contributed by atoms with van der Waals surface area (Å²) in [7, 11) is 0. The fraction of sp³-hybridized carbons (Fsp3) is 0.444. The summed E-state index contributed by atoms with van der Waals surface area (Å²) in [5.74, 6) is 0. The van der Waals surface area contributed by atoms with Crippen molar-refractivity contribution in [1.29, 1.82) is 0 Å². The van der Waals surface area contributed by atoms with Crippen LogP contribution in [-0.2, 0) is 0 Å². The fourth-order valence-corrected chi connectivity index (χ4v) is 0.642. The standard InChI is InChI=1S/2C5H5.2C4H10O.Ce/c2*1-2-4-5-3-1;2*1-4(2,3)5;/h2*1-5H;2*5H,1-3H3;. The maximum Gasteiger partial charge on any atom is 0.0563 e. The van der Waals surface area contributed by atoms with Crippen LogP contribution in [0.5, 0.6) is 0 Å². The number of aliphatic hydroxyl groups is 2.